The summed E-state index contributed by atoms with van der Waals surface area (Å²) < 4.78 is 5.79. The van der Waals surface area contributed by atoms with Crippen LogP contribution >= 0.6 is 0 Å². The molecule has 32 heavy (non-hydrogen) atoms. The number of benzene rings is 1. The fourth-order valence-electron chi connectivity index (χ4n) is 5.19. The molecule has 4 heterocycles. The van der Waals surface area contributed by atoms with Crippen LogP contribution in [0.5, 0.6) is 0 Å². The van der Waals surface area contributed by atoms with E-state index in [0.717, 1.165) is 59.5 Å². The quantitative estimate of drug-likeness (QED) is 0.660. The largest absolute Gasteiger partial charge is 0.377 e. The Bertz CT molecular complexity index is 1220. The van der Waals surface area contributed by atoms with Gasteiger partial charge in [0.1, 0.15) is 0 Å². The average Bonchev–Trinajstić information content (AvgIpc) is 3.03. The number of hydrogen-bond acceptors (Lipinski definition) is 7. The number of morpholine rings is 1. The number of nitrogens with one attached hydrogen (secondary N) is 1. The number of nitriles is 1. The van der Waals surface area contributed by atoms with Gasteiger partial charge in [-0.1, -0.05) is 12.1 Å². The first-order valence-corrected chi connectivity index (χ1v) is 11.2. The summed E-state index contributed by atoms with van der Waals surface area (Å²) in [5.74, 6) is 0.717. The lowest BCUT2D eigenvalue weighted by atomic mass is 9.98. The molecular weight excluding hydrogens is 400 g/mol. The van der Waals surface area contributed by atoms with E-state index in [1.165, 1.54) is 5.69 Å². The molecule has 0 amide bonds. The number of anilines is 2. The third-order valence-electron chi connectivity index (χ3n) is 6.92. The van der Waals surface area contributed by atoms with E-state index in [0.29, 0.717) is 23.5 Å². The second-order valence-corrected chi connectivity index (χ2v) is 8.95. The molecule has 1 N–H and O–H groups in total. The molecule has 7 heteroatoms. The zero-order chi connectivity index (χ0) is 22.4. The van der Waals surface area contributed by atoms with Gasteiger partial charge < -0.3 is 15.0 Å². The Kier molecular flexibility index (Phi) is 5.18. The van der Waals surface area contributed by atoms with Gasteiger partial charge in [0, 0.05) is 5.39 Å². The normalized spacial score (nSPS) is 20.9. The number of fused-ring (bicyclic) bond motifs is 3. The summed E-state index contributed by atoms with van der Waals surface area (Å²) in [6.07, 6.45) is 2.32. The summed E-state index contributed by atoms with van der Waals surface area (Å²) in [6.45, 7) is 9.66. The van der Waals surface area contributed by atoms with E-state index in [1.54, 1.807) is 0 Å². The van der Waals surface area contributed by atoms with Crippen LogP contribution in [-0.4, -0.2) is 40.5 Å². The lowest BCUT2D eigenvalue weighted by molar-refractivity contribution is 0.0906. The number of pyridine rings is 1. The van der Waals surface area contributed by atoms with Crippen LogP contribution in [0.15, 0.2) is 24.3 Å². The Labute approximate surface area is 188 Å². The van der Waals surface area contributed by atoms with Gasteiger partial charge in [-0.2, -0.15) is 10.4 Å². The van der Waals surface area contributed by atoms with Crippen molar-refractivity contribution in [3.63, 3.8) is 0 Å². The second kappa shape index (κ2) is 8.03. The fraction of sp³-hybridized carbons (Fsp3) is 0.440. The molecule has 5 rings (SSSR count). The van der Waals surface area contributed by atoms with Crippen molar-refractivity contribution in [1.29, 1.82) is 5.26 Å². The molecule has 2 unspecified atom stereocenters. The Morgan fingerprint density at radius 1 is 1.12 bits per heavy atom. The standard InChI is InChI=1S/C25H28N6O/c1-14-18(11-26)6-5-7-21(14)15(2)28-25-22-10-23(16(3)27-24(22)17(4)29-30-25)31-19-8-9-20(31)13-32-12-19/h5-7,10,15,19-20H,8-9,12-13H2,1-4H3,(H,28,30)/t15-,19?,20?/m1/s1. The first kappa shape index (κ1) is 20.7. The summed E-state index contributed by atoms with van der Waals surface area (Å²) in [6, 6.07) is 11.1. The molecule has 2 saturated heterocycles. The number of aryl methyl sites for hydroxylation is 2. The molecule has 2 aromatic heterocycles. The molecule has 0 aliphatic carbocycles. The van der Waals surface area contributed by atoms with Crippen molar-refractivity contribution >= 4 is 22.4 Å². The number of aromatic nitrogens is 3. The molecule has 164 valence electrons. The number of nitrogens with zero attached hydrogens (tertiary/aromatic N) is 5. The molecule has 2 fully saturated rings. The Morgan fingerprint density at radius 3 is 2.59 bits per heavy atom. The van der Waals surface area contributed by atoms with Gasteiger partial charge in [-0.25, -0.2) is 4.98 Å². The minimum Gasteiger partial charge on any atom is -0.377 e. The average molecular weight is 429 g/mol. The Hall–Kier alpha value is -3.24. The zero-order valence-corrected chi connectivity index (χ0v) is 19.0. The maximum absolute atomic E-state index is 9.40. The molecule has 3 aromatic rings. The second-order valence-electron chi connectivity index (χ2n) is 8.95. The van der Waals surface area contributed by atoms with E-state index >= 15 is 0 Å². The molecule has 0 radical (unpaired) electrons. The van der Waals surface area contributed by atoms with E-state index in [1.807, 2.05) is 26.0 Å². The third kappa shape index (κ3) is 3.35. The van der Waals surface area contributed by atoms with Gasteiger partial charge in [-0.05, 0) is 63.8 Å². The SMILES string of the molecule is Cc1nc2c(C)nnc(N[C@H](C)c3cccc(C#N)c3C)c2cc1N1C2CCC1COC2. The molecule has 1 aromatic carbocycles. The monoisotopic (exact) mass is 428 g/mol. The number of hydrogen-bond donors (Lipinski definition) is 1. The van der Waals surface area contributed by atoms with Gasteiger partial charge in [-0.15, -0.1) is 5.10 Å². The molecule has 2 aliphatic rings. The third-order valence-corrected chi connectivity index (χ3v) is 6.92. The first-order chi connectivity index (χ1) is 15.5. The molecule has 0 saturated carbocycles. The van der Waals surface area contributed by atoms with Crippen LogP contribution in [0.2, 0.25) is 0 Å². The van der Waals surface area contributed by atoms with E-state index in [9.17, 15) is 5.26 Å². The number of rotatable bonds is 4. The van der Waals surface area contributed by atoms with Crippen molar-refractivity contribution in [1.82, 2.24) is 15.2 Å². The molecule has 7 nitrogen and oxygen atoms in total. The van der Waals surface area contributed by atoms with Crippen molar-refractivity contribution in [3.8, 4) is 6.07 Å². The van der Waals surface area contributed by atoms with Gasteiger partial charge >= 0.3 is 0 Å². The summed E-state index contributed by atoms with van der Waals surface area (Å²) in [4.78, 5) is 7.47. The van der Waals surface area contributed by atoms with Gasteiger partial charge in [0.25, 0.3) is 0 Å². The minimum atomic E-state index is -0.0344. The smallest absolute Gasteiger partial charge is 0.158 e. The topological polar surface area (TPSA) is 87.0 Å². The minimum absolute atomic E-state index is 0.0344. The highest BCUT2D eigenvalue weighted by Gasteiger charge is 2.38. The number of ether oxygens (including phenoxy) is 1. The van der Waals surface area contributed by atoms with E-state index in [2.05, 4.69) is 52.5 Å². The van der Waals surface area contributed by atoms with Crippen molar-refractivity contribution < 1.29 is 4.74 Å². The molecule has 2 aliphatic heterocycles. The van der Waals surface area contributed by atoms with Crippen molar-refractivity contribution in [3.05, 3.63) is 52.3 Å². The van der Waals surface area contributed by atoms with Gasteiger partial charge in [0.05, 0.1) is 65.6 Å². The predicted octanol–water partition coefficient (Wildman–Crippen LogP) is 4.36. The highest BCUT2D eigenvalue weighted by atomic mass is 16.5. The highest BCUT2D eigenvalue weighted by molar-refractivity contribution is 5.93. The zero-order valence-electron chi connectivity index (χ0n) is 19.0. The van der Waals surface area contributed by atoms with E-state index in [-0.39, 0.29) is 6.04 Å². The maximum Gasteiger partial charge on any atom is 0.158 e. The van der Waals surface area contributed by atoms with Crippen LogP contribution in [-0.2, 0) is 4.74 Å². The van der Waals surface area contributed by atoms with Crippen LogP contribution < -0.4 is 10.2 Å². The van der Waals surface area contributed by atoms with Gasteiger partial charge in [-0.3, -0.25) is 0 Å². The summed E-state index contributed by atoms with van der Waals surface area (Å²) >= 11 is 0. The van der Waals surface area contributed by atoms with Crippen LogP contribution in [0.3, 0.4) is 0 Å². The van der Waals surface area contributed by atoms with Crippen LogP contribution in [0.1, 0.15) is 53.9 Å². The Balaban J connectivity index is 1.57. The summed E-state index contributed by atoms with van der Waals surface area (Å²) in [5, 5.41) is 22.8. The van der Waals surface area contributed by atoms with Gasteiger partial charge in [0.15, 0.2) is 5.82 Å². The van der Waals surface area contributed by atoms with Crippen LogP contribution in [0.25, 0.3) is 10.9 Å². The van der Waals surface area contributed by atoms with Crippen LogP contribution in [0, 0.1) is 32.1 Å². The van der Waals surface area contributed by atoms with E-state index < -0.39 is 0 Å². The fourth-order valence-corrected chi connectivity index (χ4v) is 5.19. The van der Waals surface area contributed by atoms with Gasteiger partial charge in [0.2, 0.25) is 0 Å². The molecular formula is C25H28N6O. The predicted molar refractivity (Wildman–Crippen MR) is 125 cm³/mol. The highest BCUT2D eigenvalue weighted by Crippen LogP contribution is 2.38. The molecule has 0 spiro atoms. The lowest BCUT2D eigenvalue weighted by Crippen LogP contribution is -2.46. The first-order valence-electron chi connectivity index (χ1n) is 11.2. The molecule has 3 atom stereocenters. The van der Waals surface area contributed by atoms with Crippen LogP contribution in [0.4, 0.5) is 11.5 Å². The maximum atomic E-state index is 9.40. The lowest BCUT2D eigenvalue weighted by Gasteiger charge is -2.37. The van der Waals surface area contributed by atoms with Crippen molar-refractivity contribution in [2.24, 2.45) is 0 Å². The summed E-state index contributed by atoms with van der Waals surface area (Å²) in [7, 11) is 0. The van der Waals surface area contributed by atoms with Crippen molar-refractivity contribution in [2.45, 2.75) is 58.7 Å². The molecule has 2 bridgehead atoms. The summed E-state index contributed by atoms with van der Waals surface area (Å²) in [5.41, 5.74) is 6.63. The van der Waals surface area contributed by atoms with Crippen molar-refractivity contribution in [2.75, 3.05) is 23.4 Å². The van der Waals surface area contributed by atoms with E-state index in [4.69, 9.17) is 9.72 Å². The Morgan fingerprint density at radius 2 is 1.88 bits per heavy atom.